The van der Waals surface area contributed by atoms with Crippen molar-refractivity contribution in [2.45, 2.75) is 20.3 Å². The number of aryl methyl sites for hydroxylation is 2. The highest BCUT2D eigenvalue weighted by atomic mass is 35.5. The number of ether oxygens (including phenoxy) is 1. The number of alkyl halides is 1. The van der Waals surface area contributed by atoms with Gasteiger partial charge in [-0.15, -0.1) is 11.6 Å². The summed E-state index contributed by atoms with van der Waals surface area (Å²) in [5.41, 5.74) is 3.52. The molecule has 0 radical (unpaired) electrons. The summed E-state index contributed by atoms with van der Waals surface area (Å²) in [6, 6.07) is 4.17. The molecule has 1 aromatic carbocycles. The minimum Gasteiger partial charge on any atom is -0.496 e. The van der Waals surface area contributed by atoms with E-state index >= 15 is 0 Å². The summed E-state index contributed by atoms with van der Waals surface area (Å²) in [4.78, 5) is 0. The molecule has 0 atom stereocenters. The number of nitrogens with one attached hydrogen (secondary N) is 1. The molecule has 1 rings (SSSR count). The molecule has 84 valence electrons. The maximum absolute atomic E-state index is 5.63. The lowest BCUT2D eigenvalue weighted by atomic mass is 10.1. The van der Waals surface area contributed by atoms with Crippen molar-refractivity contribution in [2.75, 3.05) is 24.9 Å². The van der Waals surface area contributed by atoms with Gasteiger partial charge in [0.15, 0.2) is 0 Å². The largest absolute Gasteiger partial charge is 0.496 e. The van der Waals surface area contributed by atoms with Gasteiger partial charge in [-0.05, 0) is 43.5 Å². The van der Waals surface area contributed by atoms with Crippen LogP contribution in [0, 0.1) is 13.8 Å². The molecule has 0 bridgehead atoms. The van der Waals surface area contributed by atoms with Crippen LogP contribution in [0.1, 0.15) is 17.5 Å². The zero-order chi connectivity index (χ0) is 11.3. The lowest BCUT2D eigenvalue weighted by Gasteiger charge is -2.12. The first kappa shape index (κ1) is 12.2. The number of hydrogen-bond donors (Lipinski definition) is 1. The van der Waals surface area contributed by atoms with E-state index in [1.165, 1.54) is 11.3 Å². The maximum Gasteiger partial charge on any atom is 0.122 e. The van der Waals surface area contributed by atoms with Crippen LogP contribution in [0.4, 0.5) is 5.69 Å². The number of anilines is 1. The zero-order valence-corrected chi connectivity index (χ0v) is 10.3. The first-order valence-corrected chi connectivity index (χ1v) is 5.67. The second-order valence-corrected chi connectivity index (χ2v) is 3.98. The van der Waals surface area contributed by atoms with Crippen molar-refractivity contribution in [3.05, 3.63) is 23.3 Å². The van der Waals surface area contributed by atoms with Crippen molar-refractivity contribution in [1.82, 2.24) is 0 Å². The van der Waals surface area contributed by atoms with Gasteiger partial charge >= 0.3 is 0 Å². The van der Waals surface area contributed by atoms with Gasteiger partial charge in [-0.25, -0.2) is 0 Å². The monoisotopic (exact) mass is 227 g/mol. The first-order valence-electron chi connectivity index (χ1n) is 5.14. The van der Waals surface area contributed by atoms with Gasteiger partial charge in [0.05, 0.1) is 7.11 Å². The van der Waals surface area contributed by atoms with E-state index in [9.17, 15) is 0 Å². The van der Waals surface area contributed by atoms with Crippen molar-refractivity contribution < 1.29 is 4.74 Å². The summed E-state index contributed by atoms with van der Waals surface area (Å²) < 4.78 is 5.26. The second kappa shape index (κ2) is 5.86. The normalized spacial score (nSPS) is 10.1. The Labute approximate surface area is 96.6 Å². The van der Waals surface area contributed by atoms with Crippen molar-refractivity contribution in [3.8, 4) is 5.75 Å². The molecule has 0 aliphatic heterocycles. The molecule has 15 heavy (non-hydrogen) atoms. The average Bonchev–Trinajstić information content (AvgIpc) is 2.23. The van der Waals surface area contributed by atoms with Crippen LogP contribution in [0.25, 0.3) is 0 Å². The van der Waals surface area contributed by atoms with Crippen LogP contribution < -0.4 is 10.1 Å². The fraction of sp³-hybridized carbons (Fsp3) is 0.500. The molecule has 0 aliphatic rings. The predicted octanol–water partition coefficient (Wildman–Crippen LogP) is 3.35. The van der Waals surface area contributed by atoms with Gasteiger partial charge in [-0.2, -0.15) is 0 Å². The van der Waals surface area contributed by atoms with Crippen LogP contribution in [0.5, 0.6) is 5.75 Å². The fourth-order valence-corrected chi connectivity index (χ4v) is 1.62. The molecule has 3 heteroatoms. The number of benzene rings is 1. The van der Waals surface area contributed by atoms with Crippen LogP contribution in [-0.4, -0.2) is 19.5 Å². The summed E-state index contributed by atoms with van der Waals surface area (Å²) in [6.45, 7) is 5.03. The van der Waals surface area contributed by atoms with Crippen LogP contribution in [0.15, 0.2) is 12.1 Å². The molecule has 0 fully saturated rings. The Balaban J connectivity index is 2.76. The Bertz CT molecular complexity index is 326. The van der Waals surface area contributed by atoms with Crippen molar-refractivity contribution in [1.29, 1.82) is 0 Å². The van der Waals surface area contributed by atoms with Gasteiger partial charge in [-0.1, -0.05) is 0 Å². The summed E-state index contributed by atoms with van der Waals surface area (Å²) in [5.74, 6) is 1.64. The molecule has 0 spiro atoms. The van der Waals surface area contributed by atoms with Gasteiger partial charge in [0.1, 0.15) is 5.75 Å². The smallest absolute Gasteiger partial charge is 0.122 e. The third-order valence-corrected chi connectivity index (χ3v) is 2.63. The average molecular weight is 228 g/mol. The standard InChI is InChI=1S/C12H18ClNO/c1-9-8-12(15-3)10(2)7-11(9)14-6-4-5-13/h7-8,14H,4-6H2,1-3H3. The summed E-state index contributed by atoms with van der Waals surface area (Å²) in [6.07, 6.45) is 0.978. The molecule has 0 unspecified atom stereocenters. The highest BCUT2D eigenvalue weighted by Crippen LogP contribution is 2.25. The predicted molar refractivity (Wildman–Crippen MR) is 66.3 cm³/mol. The summed E-state index contributed by atoms with van der Waals surface area (Å²) >= 11 is 5.63. The van der Waals surface area contributed by atoms with Crippen LogP contribution in [-0.2, 0) is 0 Å². The van der Waals surface area contributed by atoms with Gasteiger partial charge in [-0.3, -0.25) is 0 Å². The van der Waals surface area contributed by atoms with E-state index in [0.29, 0.717) is 5.88 Å². The maximum atomic E-state index is 5.63. The van der Waals surface area contributed by atoms with Crippen LogP contribution >= 0.6 is 11.6 Å². The Morgan fingerprint density at radius 1 is 1.27 bits per heavy atom. The third-order valence-electron chi connectivity index (χ3n) is 2.37. The SMILES string of the molecule is COc1cc(C)c(NCCCCl)cc1C. The Morgan fingerprint density at radius 2 is 2.00 bits per heavy atom. The van der Waals surface area contributed by atoms with E-state index < -0.39 is 0 Å². The lowest BCUT2D eigenvalue weighted by molar-refractivity contribution is 0.411. The van der Waals surface area contributed by atoms with Gasteiger partial charge in [0, 0.05) is 18.1 Å². The van der Waals surface area contributed by atoms with Crippen molar-refractivity contribution >= 4 is 17.3 Å². The van der Waals surface area contributed by atoms with Crippen LogP contribution in [0.3, 0.4) is 0 Å². The molecular formula is C12H18ClNO. The van der Waals surface area contributed by atoms with E-state index in [0.717, 1.165) is 24.3 Å². The van der Waals surface area contributed by atoms with E-state index in [-0.39, 0.29) is 0 Å². The van der Waals surface area contributed by atoms with E-state index in [2.05, 4.69) is 24.4 Å². The van der Waals surface area contributed by atoms with E-state index in [4.69, 9.17) is 16.3 Å². The number of methoxy groups -OCH3 is 1. The van der Waals surface area contributed by atoms with Gasteiger partial charge in [0.25, 0.3) is 0 Å². The summed E-state index contributed by atoms with van der Waals surface area (Å²) in [7, 11) is 1.70. The molecule has 0 saturated carbocycles. The quantitative estimate of drug-likeness (QED) is 0.615. The second-order valence-electron chi connectivity index (χ2n) is 3.61. The summed E-state index contributed by atoms with van der Waals surface area (Å²) in [5, 5.41) is 3.37. The number of hydrogen-bond acceptors (Lipinski definition) is 2. The van der Waals surface area contributed by atoms with Crippen molar-refractivity contribution in [3.63, 3.8) is 0 Å². The van der Waals surface area contributed by atoms with E-state index in [1.807, 2.05) is 6.92 Å². The van der Waals surface area contributed by atoms with E-state index in [1.54, 1.807) is 7.11 Å². The zero-order valence-electron chi connectivity index (χ0n) is 9.56. The molecule has 2 nitrogen and oxygen atoms in total. The molecule has 0 aromatic heterocycles. The number of rotatable bonds is 5. The Hall–Kier alpha value is -0.890. The Morgan fingerprint density at radius 3 is 2.60 bits per heavy atom. The number of halogens is 1. The molecule has 0 heterocycles. The molecule has 1 N–H and O–H groups in total. The van der Waals surface area contributed by atoms with Crippen molar-refractivity contribution in [2.24, 2.45) is 0 Å². The molecule has 0 aliphatic carbocycles. The molecule has 1 aromatic rings. The minimum absolute atomic E-state index is 0.696. The molecular weight excluding hydrogens is 210 g/mol. The fourth-order valence-electron chi connectivity index (χ4n) is 1.49. The minimum atomic E-state index is 0.696. The van der Waals surface area contributed by atoms with Crippen LogP contribution in [0.2, 0.25) is 0 Å². The molecule has 0 saturated heterocycles. The van der Waals surface area contributed by atoms with Gasteiger partial charge in [0.2, 0.25) is 0 Å². The Kier molecular flexibility index (Phi) is 4.76. The third kappa shape index (κ3) is 3.31. The first-order chi connectivity index (χ1) is 7.19. The lowest BCUT2D eigenvalue weighted by Crippen LogP contribution is -2.04. The topological polar surface area (TPSA) is 21.3 Å². The highest BCUT2D eigenvalue weighted by Gasteiger charge is 2.03. The highest BCUT2D eigenvalue weighted by molar-refractivity contribution is 6.17. The molecule has 0 amide bonds. The van der Waals surface area contributed by atoms with Gasteiger partial charge < -0.3 is 10.1 Å².